The number of benzene rings is 2. The Morgan fingerprint density at radius 1 is 1.19 bits per heavy atom. The summed E-state index contributed by atoms with van der Waals surface area (Å²) in [5, 5.41) is 3.17. The van der Waals surface area contributed by atoms with Crippen LogP contribution in [0.1, 0.15) is 54.9 Å². The standard InChI is InChI=1S/C21H21BrN2OS/c1-2-17-16-12-14(22)8-10-19(16)26-20-9-7-13(11-18(20)24-17)21(25)23-15-5-3-4-6-15/h7-12,15H,2-6H2,1H3,(H,23,25). The topological polar surface area (TPSA) is 41.5 Å². The van der Waals surface area contributed by atoms with Crippen molar-refractivity contribution in [2.45, 2.75) is 54.9 Å². The lowest BCUT2D eigenvalue weighted by Gasteiger charge is -2.12. The number of amides is 1. The highest BCUT2D eigenvalue weighted by Crippen LogP contribution is 2.41. The molecule has 1 fully saturated rings. The number of nitrogens with zero attached hydrogens (tertiary/aromatic N) is 1. The van der Waals surface area contributed by atoms with E-state index in [-0.39, 0.29) is 5.91 Å². The van der Waals surface area contributed by atoms with Crippen LogP contribution in [0.25, 0.3) is 0 Å². The van der Waals surface area contributed by atoms with E-state index in [1.54, 1.807) is 11.8 Å². The van der Waals surface area contributed by atoms with Gasteiger partial charge in [-0.25, -0.2) is 0 Å². The summed E-state index contributed by atoms with van der Waals surface area (Å²) in [6, 6.07) is 12.5. The van der Waals surface area contributed by atoms with Gasteiger partial charge in [0.2, 0.25) is 0 Å². The highest BCUT2D eigenvalue weighted by molar-refractivity contribution is 9.10. The van der Waals surface area contributed by atoms with Crippen molar-refractivity contribution in [3.8, 4) is 0 Å². The fraction of sp³-hybridized carbons (Fsp3) is 0.333. The van der Waals surface area contributed by atoms with E-state index in [1.807, 2.05) is 18.2 Å². The van der Waals surface area contributed by atoms with Crippen LogP contribution in [0.2, 0.25) is 0 Å². The lowest BCUT2D eigenvalue weighted by atomic mass is 10.1. The average molecular weight is 429 g/mol. The zero-order chi connectivity index (χ0) is 18.1. The van der Waals surface area contributed by atoms with Crippen molar-refractivity contribution in [1.29, 1.82) is 0 Å². The van der Waals surface area contributed by atoms with Gasteiger partial charge in [-0.15, -0.1) is 0 Å². The van der Waals surface area contributed by atoms with Crippen LogP contribution in [-0.2, 0) is 0 Å². The van der Waals surface area contributed by atoms with Crippen LogP contribution < -0.4 is 5.32 Å². The summed E-state index contributed by atoms with van der Waals surface area (Å²) in [6.45, 7) is 2.12. The largest absolute Gasteiger partial charge is 0.349 e. The van der Waals surface area contributed by atoms with Crippen LogP contribution in [0.3, 0.4) is 0 Å². The van der Waals surface area contributed by atoms with Crippen molar-refractivity contribution in [2.75, 3.05) is 0 Å². The van der Waals surface area contributed by atoms with Gasteiger partial charge in [0.1, 0.15) is 0 Å². The minimum atomic E-state index is 0.0162. The van der Waals surface area contributed by atoms with Crippen molar-refractivity contribution in [1.82, 2.24) is 5.32 Å². The van der Waals surface area contributed by atoms with Crippen LogP contribution >= 0.6 is 27.7 Å². The van der Waals surface area contributed by atoms with Crippen LogP contribution in [-0.4, -0.2) is 17.7 Å². The molecule has 2 aromatic carbocycles. The highest BCUT2D eigenvalue weighted by Gasteiger charge is 2.21. The number of nitrogens with one attached hydrogen (secondary N) is 1. The van der Waals surface area contributed by atoms with Gasteiger partial charge in [0, 0.05) is 37.1 Å². The number of fused-ring (bicyclic) bond motifs is 2. The van der Waals surface area contributed by atoms with E-state index in [9.17, 15) is 4.79 Å². The maximum absolute atomic E-state index is 12.6. The summed E-state index contributed by atoms with van der Waals surface area (Å²) >= 11 is 5.28. The molecule has 3 nitrogen and oxygen atoms in total. The molecule has 0 unspecified atom stereocenters. The molecule has 4 rings (SSSR count). The van der Waals surface area contributed by atoms with Crippen molar-refractivity contribution in [3.63, 3.8) is 0 Å². The third kappa shape index (κ3) is 3.60. The third-order valence-electron chi connectivity index (χ3n) is 4.97. The smallest absolute Gasteiger partial charge is 0.251 e. The van der Waals surface area contributed by atoms with Gasteiger partial charge in [-0.3, -0.25) is 9.79 Å². The van der Waals surface area contributed by atoms with Gasteiger partial charge in [0.15, 0.2) is 0 Å². The third-order valence-corrected chi connectivity index (χ3v) is 6.61. The molecule has 1 heterocycles. The minimum Gasteiger partial charge on any atom is -0.349 e. The maximum Gasteiger partial charge on any atom is 0.251 e. The molecule has 0 aromatic heterocycles. The Morgan fingerprint density at radius 2 is 1.96 bits per heavy atom. The predicted molar refractivity (Wildman–Crippen MR) is 111 cm³/mol. The summed E-state index contributed by atoms with van der Waals surface area (Å²) < 4.78 is 1.06. The molecule has 26 heavy (non-hydrogen) atoms. The normalized spacial score (nSPS) is 16.5. The van der Waals surface area contributed by atoms with E-state index in [1.165, 1.54) is 23.3 Å². The molecule has 0 atom stereocenters. The Balaban J connectivity index is 1.68. The van der Waals surface area contributed by atoms with E-state index >= 15 is 0 Å². The molecule has 1 aliphatic carbocycles. The minimum absolute atomic E-state index is 0.0162. The van der Waals surface area contributed by atoms with Crippen LogP contribution in [0.15, 0.2) is 55.7 Å². The maximum atomic E-state index is 12.6. The Hall–Kier alpha value is -1.59. The number of halogens is 1. The van der Waals surface area contributed by atoms with Gasteiger partial charge < -0.3 is 5.32 Å². The number of carbonyl (C=O) groups is 1. The summed E-state index contributed by atoms with van der Waals surface area (Å²) in [6.07, 6.45) is 5.46. The van der Waals surface area contributed by atoms with Crippen LogP contribution in [0.5, 0.6) is 0 Å². The summed E-state index contributed by atoms with van der Waals surface area (Å²) in [5.74, 6) is 0.0162. The monoisotopic (exact) mass is 428 g/mol. The van der Waals surface area contributed by atoms with Crippen LogP contribution in [0.4, 0.5) is 5.69 Å². The molecule has 1 amide bonds. The fourth-order valence-electron chi connectivity index (χ4n) is 3.58. The number of hydrogen-bond acceptors (Lipinski definition) is 3. The molecular formula is C21H21BrN2OS. The van der Waals surface area contributed by atoms with Crippen molar-refractivity contribution in [2.24, 2.45) is 4.99 Å². The Bertz CT molecular complexity index is 888. The molecule has 134 valence electrons. The predicted octanol–water partition coefficient (Wildman–Crippen LogP) is 6.12. The van der Waals surface area contributed by atoms with E-state index in [0.29, 0.717) is 11.6 Å². The molecule has 2 aromatic rings. The second-order valence-corrected chi connectivity index (χ2v) is 8.79. The molecule has 0 bridgehead atoms. The van der Waals surface area contributed by atoms with Crippen LogP contribution in [0, 0.1) is 0 Å². The highest BCUT2D eigenvalue weighted by atomic mass is 79.9. The van der Waals surface area contributed by atoms with E-state index in [4.69, 9.17) is 4.99 Å². The molecule has 0 radical (unpaired) electrons. The molecule has 2 aliphatic rings. The molecule has 1 aliphatic heterocycles. The second kappa shape index (κ2) is 7.57. The molecular weight excluding hydrogens is 408 g/mol. The zero-order valence-electron chi connectivity index (χ0n) is 14.7. The number of rotatable bonds is 3. The Morgan fingerprint density at radius 3 is 2.73 bits per heavy atom. The van der Waals surface area contributed by atoms with E-state index in [0.717, 1.165) is 40.0 Å². The first-order chi connectivity index (χ1) is 12.6. The van der Waals surface area contributed by atoms with Gasteiger partial charge in [0.05, 0.1) is 5.69 Å². The van der Waals surface area contributed by atoms with Crippen molar-refractivity contribution in [3.05, 3.63) is 52.0 Å². The second-order valence-electron chi connectivity index (χ2n) is 6.79. The van der Waals surface area contributed by atoms with Gasteiger partial charge in [-0.1, -0.05) is 47.5 Å². The molecule has 1 N–H and O–H groups in total. The Labute approximate surface area is 166 Å². The SMILES string of the molecule is CCC1=Nc2cc(C(=O)NC3CCCC3)ccc2Sc2ccc(Br)cc21. The number of carbonyl (C=O) groups excluding carboxylic acids is 1. The molecule has 0 saturated heterocycles. The fourth-order valence-corrected chi connectivity index (χ4v) is 4.95. The lowest BCUT2D eigenvalue weighted by molar-refractivity contribution is 0.0938. The summed E-state index contributed by atoms with van der Waals surface area (Å²) in [7, 11) is 0. The number of aliphatic imine (C=N–C) groups is 1. The van der Waals surface area contributed by atoms with Crippen molar-refractivity contribution >= 4 is 45.0 Å². The number of hydrogen-bond donors (Lipinski definition) is 1. The van der Waals surface area contributed by atoms with Gasteiger partial charge in [-0.2, -0.15) is 0 Å². The first kappa shape index (κ1) is 17.8. The Kier molecular flexibility index (Phi) is 5.18. The summed E-state index contributed by atoms with van der Waals surface area (Å²) in [5.41, 5.74) is 3.81. The van der Waals surface area contributed by atoms with E-state index < -0.39 is 0 Å². The summed E-state index contributed by atoms with van der Waals surface area (Å²) in [4.78, 5) is 19.8. The van der Waals surface area contributed by atoms with Crippen molar-refractivity contribution < 1.29 is 4.79 Å². The lowest BCUT2D eigenvalue weighted by Crippen LogP contribution is -2.32. The first-order valence-electron chi connectivity index (χ1n) is 9.14. The average Bonchev–Trinajstić information content (AvgIpc) is 3.09. The van der Waals surface area contributed by atoms with Gasteiger partial charge in [-0.05, 0) is 55.7 Å². The molecule has 0 spiro atoms. The molecule has 1 saturated carbocycles. The quantitative estimate of drug-likeness (QED) is 0.639. The molecule has 5 heteroatoms. The zero-order valence-corrected chi connectivity index (χ0v) is 17.1. The van der Waals surface area contributed by atoms with Gasteiger partial charge in [0.25, 0.3) is 5.91 Å². The first-order valence-corrected chi connectivity index (χ1v) is 10.7. The van der Waals surface area contributed by atoms with E-state index in [2.05, 4.69) is 46.4 Å². The van der Waals surface area contributed by atoms with Gasteiger partial charge >= 0.3 is 0 Å².